The largest absolute Gasteiger partial charge is 0.476 e. The zero-order valence-electron chi connectivity index (χ0n) is 8.94. The topological polar surface area (TPSA) is 79.3 Å². The van der Waals surface area contributed by atoms with E-state index in [1.807, 2.05) is 6.26 Å². The van der Waals surface area contributed by atoms with Gasteiger partial charge in [-0.1, -0.05) is 11.3 Å². The van der Waals surface area contributed by atoms with Crippen molar-refractivity contribution in [2.24, 2.45) is 0 Å². The zero-order valence-corrected chi connectivity index (χ0v) is 10.6. The number of nitrogens with zero attached hydrogens (tertiary/aromatic N) is 1. The summed E-state index contributed by atoms with van der Waals surface area (Å²) in [6, 6.07) is 0. The van der Waals surface area contributed by atoms with Crippen molar-refractivity contribution in [1.29, 1.82) is 0 Å². The molecule has 2 N–H and O–H groups in total. The van der Waals surface area contributed by atoms with Gasteiger partial charge in [-0.25, -0.2) is 9.78 Å². The molecule has 16 heavy (non-hydrogen) atoms. The molecule has 1 aromatic rings. The van der Waals surface area contributed by atoms with Gasteiger partial charge in [-0.05, 0) is 6.26 Å². The van der Waals surface area contributed by atoms with Gasteiger partial charge in [0, 0.05) is 19.2 Å². The fourth-order valence-electron chi connectivity index (χ4n) is 1.04. The lowest BCUT2D eigenvalue weighted by molar-refractivity contribution is 0.0687. The first-order chi connectivity index (χ1) is 7.56. The quantitative estimate of drug-likeness (QED) is 0.600. The molecule has 7 heteroatoms. The molecule has 0 radical (unpaired) electrons. The van der Waals surface area contributed by atoms with E-state index in [9.17, 15) is 9.59 Å². The molecule has 0 saturated carbocycles. The molecule has 88 valence electrons. The van der Waals surface area contributed by atoms with Crippen LogP contribution in [-0.2, 0) is 0 Å². The lowest BCUT2D eigenvalue weighted by Crippen LogP contribution is -2.05. The second kappa shape index (κ2) is 5.86. The molecule has 0 atom stereocenters. The van der Waals surface area contributed by atoms with Gasteiger partial charge in [-0.2, -0.15) is 11.8 Å². The Kier molecular flexibility index (Phi) is 4.75. The van der Waals surface area contributed by atoms with Crippen LogP contribution in [0.2, 0.25) is 0 Å². The molecule has 1 heterocycles. The summed E-state index contributed by atoms with van der Waals surface area (Å²) in [7, 11) is 0. The number of rotatable bonds is 6. The smallest absolute Gasteiger partial charge is 0.356 e. The summed E-state index contributed by atoms with van der Waals surface area (Å²) in [6.45, 7) is 2.04. The molecule has 5 nitrogen and oxygen atoms in total. The van der Waals surface area contributed by atoms with Gasteiger partial charge in [0.05, 0.1) is 0 Å². The number of nitrogens with one attached hydrogen (secondary N) is 1. The molecule has 0 aromatic carbocycles. The summed E-state index contributed by atoms with van der Waals surface area (Å²) in [5.74, 6) is -0.538. The van der Waals surface area contributed by atoms with Crippen molar-refractivity contribution in [3.63, 3.8) is 0 Å². The molecule has 0 fully saturated rings. The number of carboxylic acid groups (broad SMARTS) is 1. The van der Waals surface area contributed by atoms with Crippen LogP contribution >= 0.6 is 23.1 Å². The second-order valence-electron chi connectivity index (χ2n) is 2.98. The van der Waals surface area contributed by atoms with Crippen LogP contribution in [0.1, 0.15) is 27.1 Å². The lowest BCUT2D eigenvalue weighted by atomic mass is 10.3. The molecule has 0 aliphatic rings. The van der Waals surface area contributed by atoms with E-state index in [-0.39, 0.29) is 16.4 Å². The highest BCUT2D eigenvalue weighted by Gasteiger charge is 2.20. The third-order valence-electron chi connectivity index (χ3n) is 1.73. The monoisotopic (exact) mass is 260 g/mol. The van der Waals surface area contributed by atoms with Crippen molar-refractivity contribution < 1.29 is 14.7 Å². The summed E-state index contributed by atoms with van der Waals surface area (Å²) in [4.78, 5) is 26.1. The van der Waals surface area contributed by atoms with E-state index in [2.05, 4.69) is 10.3 Å². The minimum absolute atomic E-state index is 0.163. The average molecular weight is 260 g/mol. The minimum atomic E-state index is -1.17. The van der Waals surface area contributed by atoms with E-state index < -0.39 is 5.97 Å². The van der Waals surface area contributed by atoms with Gasteiger partial charge in [0.15, 0.2) is 16.6 Å². The number of carboxylic acids is 1. The standard InChI is InChI=1S/C9H12N2O3S2/c1-5(12)7-6(8(13)14)11-9(16-7)10-3-4-15-2/h3-4H2,1-2H3,(H,10,11)(H,13,14). The number of hydrogen-bond acceptors (Lipinski definition) is 6. The second-order valence-corrected chi connectivity index (χ2v) is 4.96. The van der Waals surface area contributed by atoms with E-state index >= 15 is 0 Å². The molecule has 0 saturated heterocycles. The Morgan fingerprint density at radius 3 is 2.69 bits per heavy atom. The summed E-state index contributed by atoms with van der Waals surface area (Å²) in [5, 5.41) is 12.3. The first kappa shape index (κ1) is 13.0. The summed E-state index contributed by atoms with van der Waals surface area (Å²) in [6.07, 6.45) is 1.98. The fraction of sp³-hybridized carbons (Fsp3) is 0.444. The van der Waals surface area contributed by atoms with Crippen LogP contribution in [0.15, 0.2) is 0 Å². The van der Waals surface area contributed by atoms with E-state index in [1.54, 1.807) is 11.8 Å². The maximum absolute atomic E-state index is 11.2. The first-order valence-electron chi connectivity index (χ1n) is 4.54. The molecular formula is C9H12N2O3S2. The predicted molar refractivity (Wildman–Crippen MR) is 65.9 cm³/mol. The maximum Gasteiger partial charge on any atom is 0.356 e. The molecule has 0 amide bonds. The third-order valence-corrected chi connectivity index (χ3v) is 3.46. The normalized spacial score (nSPS) is 10.1. The van der Waals surface area contributed by atoms with Crippen LogP contribution in [0.3, 0.4) is 0 Å². The molecule has 1 rings (SSSR count). The van der Waals surface area contributed by atoms with Gasteiger partial charge < -0.3 is 10.4 Å². The molecule has 0 spiro atoms. The molecule has 0 aliphatic carbocycles. The van der Waals surface area contributed by atoms with Crippen LogP contribution in [0.25, 0.3) is 0 Å². The zero-order chi connectivity index (χ0) is 12.1. The van der Waals surface area contributed by atoms with Crippen LogP contribution in [-0.4, -0.2) is 40.4 Å². The highest BCUT2D eigenvalue weighted by atomic mass is 32.2. The number of aromatic nitrogens is 1. The summed E-state index contributed by atoms with van der Waals surface area (Å²) < 4.78 is 0. The molecule has 1 aromatic heterocycles. The highest BCUT2D eigenvalue weighted by molar-refractivity contribution is 7.98. The molecule has 0 unspecified atom stereocenters. The first-order valence-corrected chi connectivity index (χ1v) is 6.75. The lowest BCUT2D eigenvalue weighted by Gasteiger charge is -1.98. The third kappa shape index (κ3) is 3.21. The van der Waals surface area contributed by atoms with Gasteiger partial charge >= 0.3 is 5.97 Å². The Morgan fingerprint density at radius 1 is 1.56 bits per heavy atom. The summed E-state index contributed by atoms with van der Waals surface area (Å²) >= 11 is 2.76. The Balaban J connectivity index is 2.84. The highest BCUT2D eigenvalue weighted by Crippen LogP contribution is 2.23. The maximum atomic E-state index is 11.2. The molecular weight excluding hydrogens is 248 g/mol. The van der Waals surface area contributed by atoms with E-state index in [0.717, 1.165) is 17.1 Å². The molecule has 0 bridgehead atoms. The number of hydrogen-bond donors (Lipinski definition) is 2. The van der Waals surface area contributed by atoms with Crippen molar-refractivity contribution in [1.82, 2.24) is 4.98 Å². The number of thioether (sulfide) groups is 1. The van der Waals surface area contributed by atoms with Crippen LogP contribution in [0.5, 0.6) is 0 Å². The number of thiazole rings is 1. The van der Waals surface area contributed by atoms with E-state index in [0.29, 0.717) is 11.7 Å². The number of carbonyl (C=O) groups excluding carboxylic acids is 1. The predicted octanol–water partition coefficient (Wildman–Crippen LogP) is 1.82. The number of anilines is 1. The van der Waals surface area contributed by atoms with Gasteiger partial charge in [-0.15, -0.1) is 0 Å². The van der Waals surface area contributed by atoms with Gasteiger partial charge in [0.2, 0.25) is 0 Å². The van der Waals surface area contributed by atoms with Gasteiger partial charge in [-0.3, -0.25) is 4.79 Å². The van der Waals surface area contributed by atoms with Crippen LogP contribution < -0.4 is 5.32 Å². The van der Waals surface area contributed by atoms with Crippen molar-refractivity contribution in [2.45, 2.75) is 6.92 Å². The minimum Gasteiger partial charge on any atom is -0.476 e. The number of Topliss-reactive ketones (excluding diaryl/α,β-unsaturated/α-hetero) is 1. The van der Waals surface area contributed by atoms with Crippen molar-refractivity contribution >= 4 is 40.0 Å². The summed E-state index contributed by atoms with van der Waals surface area (Å²) in [5.41, 5.74) is -0.163. The van der Waals surface area contributed by atoms with Crippen LogP contribution in [0, 0.1) is 0 Å². The average Bonchev–Trinajstić information content (AvgIpc) is 2.62. The number of carbonyl (C=O) groups is 2. The van der Waals surface area contributed by atoms with E-state index in [4.69, 9.17) is 5.11 Å². The van der Waals surface area contributed by atoms with Crippen LogP contribution in [0.4, 0.5) is 5.13 Å². The van der Waals surface area contributed by atoms with Crippen molar-refractivity contribution in [2.75, 3.05) is 23.9 Å². The Hall–Kier alpha value is -1.08. The SMILES string of the molecule is CSCCNc1nc(C(=O)O)c(C(C)=O)s1. The fourth-order valence-corrected chi connectivity index (χ4v) is 2.22. The van der Waals surface area contributed by atoms with Gasteiger partial charge in [0.1, 0.15) is 4.88 Å². The number of ketones is 1. The molecule has 0 aliphatic heterocycles. The Morgan fingerprint density at radius 2 is 2.25 bits per heavy atom. The van der Waals surface area contributed by atoms with Crippen molar-refractivity contribution in [3.8, 4) is 0 Å². The van der Waals surface area contributed by atoms with Crippen molar-refractivity contribution in [3.05, 3.63) is 10.6 Å². The Bertz CT molecular complexity index is 372. The van der Waals surface area contributed by atoms with Gasteiger partial charge in [0.25, 0.3) is 0 Å². The number of aromatic carboxylic acids is 1. The Labute approximate surface area is 101 Å². The van der Waals surface area contributed by atoms with E-state index in [1.165, 1.54) is 6.92 Å².